The first-order valence-corrected chi connectivity index (χ1v) is 4.26. The summed E-state index contributed by atoms with van der Waals surface area (Å²) in [4.78, 5) is 4.20. The number of aryl methyl sites for hydroxylation is 1. The van der Waals surface area contributed by atoms with Crippen molar-refractivity contribution in [2.75, 3.05) is 6.54 Å². The first-order valence-electron chi connectivity index (χ1n) is 3.68. The number of nitrogens with zero attached hydrogens (tertiary/aromatic N) is 1. The highest BCUT2D eigenvalue weighted by Crippen LogP contribution is 2.03. The van der Waals surface area contributed by atoms with E-state index < -0.39 is 0 Å². The van der Waals surface area contributed by atoms with Gasteiger partial charge in [0.2, 0.25) is 0 Å². The van der Waals surface area contributed by atoms with Gasteiger partial charge in [0.1, 0.15) is 0 Å². The predicted molar refractivity (Wildman–Crippen MR) is 50.4 cm³/mol. The molecular weight excluding hydrogens is 155 g/mol. The van der Waals surface area contributed by atoms with Crippen LogP contribution in [0.15, 0.2) is 18.3 Å². The molecule has 0 amide bonds. The van der Waals surface area contributed by atoms with E-state index in [1.807, 2.05) is 19.2 Å². The van der Waals surface area contributed by atoms with E-state index in [9.17, 15) is 0 Å². The average Bonchev–Trinajstić information content (AvgIpc) is 2.03. The molecular formula is C8H13N2P. The Bertz CT molecular complexity index is 225. The number of hydrogen-bond acceptors (Lipinski definition) is 2. The molecule has 0 radical (unpaired) electrons. The molecule has 0 aliphatic carbocycles. The second kappa shape index (κ2) is 4.42. The van der Waals surface area contributed by atoms with Gasteiger partial charge in [0.25, 0.3) is 0 Å². The smallest absolute Gasteiger partial charge is 0.0405 e. The van der Waals surface area contributed by atoms with Crippen molar-refractivity contribution in [1.82, 2.24) is 10.1 Å². The quantitative estimate of drug-likeness (QED) is 0.688. The van der Waals surface area contributed by atoms with Crippen LogP contribution in [0.1, 0.15) is 11.3 Å². The van der Waals surface area contributed by atoms with Crippen LogP contribution < -0.4 is 5.09 Å². The summed E-state index contributed by atoms with van der Waals surface area (Å²) in [5, 5.41) is 3.03. The fourth-order valence-electron chi connectivity index (χ4n) is 0.989. The molecule has 0 aliphatic heterocycles. The number of aromatic nitrogens is 1. The van der Waals surface area contributed by atoms with Gasteiger partial charge in [0.15, 0.2) is 0 Å². The average molecular weight is 168 g/mol. The molecule has 0 spiro atoms. The summed E-state index contributed by atoms with van der Waals surface area (Å²) in [5.41, 5.74) is 2.45. The van der Waals surface area contributed by atoms with E-state index in [0.29, 0.717) is 0 Å². The molecule has 1 heterocycles. The minimum Gasteiger partial charge on any atom is -0.300 e. The SMILES string of the molecule is Cc1ncccc1CCNP. The minimum atomic E-state index is 0.983. The van der Waals surface area contributed by atoms with Gasteiger partial charge >= 0.3 is 0 Å². The van der Waals surface area contributed by atoms with Crippen LogP contribution in [0, 0.1) is 6.92 Å². The van der Waals surface area contributed by atoms with Crippen LogP contribution >= 0.6 is 9.39 Å². The van der Waals surface area contributed by atoms with Gasteiger partial charge in [0, 0.05) is 18.4 Å². The molecule has 1 N–H and O–H groups in total. The van der Waals surface area contributed by atoms with Crippen molar-refractivity contribution >= 4 is 9.39 Å². The Labute approximate surface area is 69.7 Å². The molecule has 1 aromatic rings. The third kappa shape index (κ3) is 2.57. The van der Waals surface area contributed by atoms with Crippen LogP contribution in [0.5, 0.6) is 0 Å². The molecule has 0 aromatic carbocycles. The molecule has 1 aromatic heterocycles. The highest BCUT2D eigenvalue weighted by molar-refractivity contribution is 7.13. The lowest BCUT2D eigenvalue weighted by Crippen LogP contribution is -2.05. The molecule has 0 saturated heterocycles. The van der Waals surface area contributed by atoms with Crippen molar-refractivity contribution in [3.05, 3.63) is 29.6 Å². The Morgan fingerprint density at radius 1 is 1.64 bits per heavy atom. The number of hydrogen-bond donors (Lipinski definition) is 1. The third-order valence-electron chi connectivity index (χ3n) is 1.66. The van der Waals surface area contributed by atoms with Gasteiger partial charge < -0.3 is 5.09 Å². The van der Waals surface area contributed by atoms with Crippen LogP contribution in [-0.2, 0) is 6.42 Å². The fourth-order valence-corrected chi connectivity index (χ4v) is 1.13. The summed E-state index contributed by atoms with van der Waals surface area (Å²) >= 11 is 0. The first kappa shape index (κ1) is 8.63. The van der Waals surface area contributed by atoms with Gasteiger partial charge in [-0.15, -0.1) is 0 Å². The molecule has 0 bridgehead atoms. The molecule has 3 heteroatoms. The minimum absolute atomic E-state index is 0.983. The van der Waals surface area contributed by atoms with Crippen LogP contribution in [-0.4, -0.2) is 11.5 Å². The van der Waals surface area contributed by atoms with E-state index in [1.165, 1.54) is 5.56 Å². The normalized spacial score (nSPS) is 10.0. The lowest BCUT2D eigenvalue weighted by Gasteiger charge is -2.02. The van der Waals surface area contributed by atoms with Gasteiger partial charge in [-0.2, -0.15) is 0 Å². The van der Waals surface area contributed by atoms with E-state index in [-0.39, 0.29) is 0 Å². The summed E-state index contributed by atoms with van der Waals surface area (Å²) in [6.07, 6.45) is 2.87. The lowest BCUT2D eigenvalue weighted by atomic mass is 10.1. The van der Waals surface area contributed by atoms with Crippen molar-refractivity contribution in [2.45, 2.75) is 13.3 Å². The van der Waals surface area contributed by atoms with E-state index in [2.05, 4.69) is 25.5 Å². The summed E-state index contributed by atoms with van der Waals surface area (Å²) in [6, 6.07) is 4.09. The molecule has 1 atom stereocenters. The summed E-state index contributed by atoms with van der Waals surface area (Å²) in [7, 11) is 2.50. The molecule has 0 aliphatic rings. The summed E-state index contributed by atoms with van der Waals surface area (Å²) < 4.78 is 0. The van der Waals surface area contributed by atoms with Gasteiger partial charge in [-0.3, -0.25) is 4.98 Å². The fraction of sp³-hybridized carbons (Fsp3) is 0.375. The molecule has 0 fully saturated rings. The van der Waals surface area contributed by atoms with E-state index in [1.54, 1.807) is 0 Å². The monoisotopic (exact) mass is 168 g/mol. The van der Waals surface area contributed by atoms with Crippen molar-refractivity contribution in [3.8, 4) is 0 Å². The Balaban J connectivity index is 2.62. The van der Waals surface area contributed by atoms with Crippen LogP contribution in [0.3, 0.4) is 0 Å². The summed E-state index contributed by atoms with van der Waals surface area (Å²) in [5.74, 6) is 0. The number of nitrogens with one attached hydrogen (secondary N) is 1. The highest BCUT2D eigenvalue weighted by atomic mass is 31.0. The standard InChI is InChI=1S/C8H13N2P/c1-7-8(4-6-10-11)3-2-5-9-7/h2-3,5,10H,4,6,11H2,1H3. The first-order chi connectivity index (χ1) is 5.34. The predicted octanol–water partition coefficient (Wildman–Crippen LogP) is 1.31. The number of rotatable bonds is 3. The zero-order valence-electron chi connectivity index (χ0n) is 6.67. The Morgan fingerprint density at radius 2 is 2.45 bits per heavy atom. The molecule has 0 saturated carbocycles. The van der Waals surface area contributed by atoms with E-state index >= 15 is 0 Å². The van der Waals surface area contributed by atoms with Crippen molar-refractivity contribution < 1.29 is 0 Å². The zero-order chi connectivity index (χ0) is 8.10. The maximum Gasteiger partial charge on any atom is 0.0405 e. The third-order valence-corrected chi connectivity index (χ3v) is 1.94. The molecule has 2 nitrogen and oxygen atoms in total. The second-order valence-electron chi connectivity index (χ2n) is 2.45. The highest BCUT2D eigenvalue weighted by Gasteiger charge is 1.95. The Hall–Kier alpha value is -0.460. The Kier molecular flexibility index (Phi) is 3.47. The van der Waals surface area contributed by atoms with Crippen LogP contribution in [0.25, 0.3) is 0 Å². The van der Waals surface area contributed by atoms with Crippen molar-refractivity contribution in [2.24, 2.45) is 0 Å². The van der Waals surface area contributed by atoms with E-state index in [4.69, 9.17) is 0 Å². The van der Waals surface area contributed by atoms with Crippen molar-refractivity contribution in [1.29, 1.82) is 0 Å². The van der Waals surface area contributed by atoms with Crippen LogP contribution in [0.2, 0.25) is 0 Å². The summed E-state index contributed by atoms with van der Waals surface area (Å²) in [6.45, 7) is 3.02. The van der Waals surface area contributed by atoms with Gasteiger partial charge in [-0.1, -0.05) is 15.5 Å². The number of pyridine rings is 1. The molecule has 1 unspecified atom stereocenters. The molecule has 60 valence electrons. The van der Waals surface area contributed by atoms with Gasteiger partial charge in [-0.25, -0.2) is 0 Å². The largest absolute Gasteiger partial charge is 0.300 e. The second-order valence-corrected chi connectivity index (χ2v) is 2.86. The maximum atomic E-state index is 4.20. The molecule has 11 heavy (non-hydrogen) atoms. The van der Waals surface area contributed by atoms with Crippen LogP contribution in [0.4, 0.5) is 0 Å². The Morgan fingerprint density at radius 3 is 3.09 bits per heavy atom. The van der Waals surface area contributed by atoms with Gasteiger partial charge in [-0.05, 0) is 25.0 Å². The van der Waals surface area contributed by atoms with Crippen molar-refractivity contribution in [3.63, 3.8) is 0 Å². The maximum absolute atomic E-state index is 4.20. The van der Waals surface area contributed by atoms with Gasteiger partial charge in [0.05, 0.1) is 0 Å². The topological polar surface area (TPSA) is 24.9 Å². The zero-order valence-corrected chi connectivity index (χ0v) is 7.83. The lowest BCUT2D eigenvalue weighted by molar-refractivity contribution is 0.890. The molecule has 1 rings (SSSR count). The van der Waals surface area contributed by atoms with E-state index in [0.717, 1.165) is 18.7 Å².